The van der Waals surface area contributed by atoms with Crippen LogP contribution in [0, 0.1) is 6.92 Å². The second-order valence-corrected chi connectivity index (χ2v) is 9.30. The molecule has 0 saturated heterocycles. The van der Waals surface area contributed by atoms with Gasteiger partial charge in [-0.25, -0.2) is 13.2 Å². The van der Waals surface area contributed by atoms with E-state index in [0.717, 1.165) is 0 Å². The second-order valence-electron chi connectivity index (χ2n) is 7.25. The number of hydrogen-bond donors (Lipinski definition) is 4. The molecule has 0 radical (unpaired) electrons. The summed E-state index contributed by atoms with van der Waals surface area (Å²) in [4.78, 5) is 23.7. The molecule has 3 aromatic rings. The number of urea groups is 1. The number of fused-ring (bicyclic) bond motifs is 1. The maximum atomic E-state index is 13.0. The number of halogens is 1. The fourth-order valence-corrected chi connectivity index (χ4v) is 4.96. The van der Waals surface area contributed by atoms with E-state index in [2.05, 4.69) is 20.7 Å². The molecule has 0 unspecified atom stereocenters. The van der Waals surface area contributed by atoms with Crippen molar-refractivity contribution in [3.63, 3.8) is 0 Å². The third-order valence-electron chi connectivity index (χ3n) is 4.84. The summed E-state index contributed by atoms with van der Waals surface area (Å²) in [6.45, 7) is 1.73. The van der Waals surface area contributed by atoms with Gasteiger partial charge in [0.05, 0.1) is 17.1 Å². The Labute approximate surface area is 190 Å². The van der Waals surface area contributed by atoms with E-state index in [4.69, 9.17) is 11.6 Å². The normalized spacial score (nSPS) is 12.6. The van der Waals surface area contributed by atoms with Crippen LogP contribution in [0.1, 0.15) is 11.1 Å². The third kappa shape index (κ3) is 4.68. The van der Waals surface area contributed by atoms with E-state index in [0.29, 0.717) is 28.2 Å². The Bertz CT molecular complexity index is 1330. The van der Waals surface area contributed by atoms with E-state index < -0.39 is 16.1 Å². The van der Waals surface area contributed by atoms with Crippen LogP contribution in [0.5, 0.6) is 0 Å². The zero-order chi connectivity index (χ0) is 22.9. The van der Waals surface area contributed by atoms with Gasteiger partial charge in [0.15, 0.2) is 0 Å². The van der Waals surface area contributed by atoms with Crippen LogP contribution in [0.3, 0.4) is 0 Å². The first-order chi connectivity index (χ1) is 15.2. The van der Waals surface area contributed by atoms with Gasteiger partial charge in [0, 0.05) is 17.1 Å². The van der Waals surface area contributed by atoms with Crippen LogP contribution in [0.4, 0.5) is 27.5 Å². The zero-order valence-electron chi connectivity index (χ0n) is 16.9. The predicted octanol–water partition coefficient (Wildman–Crippen LogP) is 4.59. The average molecular weight is 471 g/mol. The molecule has 1 heterocycles. The van der Waals surface area contributed by atoms with E-state index in [1.165, 1.54) is 18.2 Å². The quantitative estimate of drug-likeness (QED) is 0.436. The van der Waals surface area contributed by atoms with Gasteiger partial charge in [0.25, 0.3) is 10.0 Å². The molecule has 0 bridgehead atoms. The van der Waals surface area contributed by atoms with Crippen LogP contribution in [0.25, 0.3) is 0 Å². The largest absolute Gasteiger partial charge is 0.325 e. The summed E-state index contributed by atoms with van der Waals surface area (Å²) in [5, 5.41) is 8.00. The summed E-state index contributed by atoms with van der Waals surface area (Å²) >= 11 is 6.19. The molecule has 1 aliphatic rings. The number of amides is 3. The van der Waals surface area contributed by atoms with Crippen molar-refractivity contribution in [3.05, 3.63) is 76.8 Å². The molecule has 4 rings (SSSR count). The number of sulfonamides is 1. The third-order valence-corrected chi connectivity index (χ3v) is 6.67. The summed E-state index contributed by atoms with van der Waals surface area (Å²) in [7, 11) is -4.05. The van der Waals surface area contributed by atoms with Gasteiger partial charge in [0.1, 0.15) is 4.90 Å². The Morgan fingerprint density at radius 1 is 1.00 bits per heavy atom. The predicted molar refractivity (Wildman–Crippen MR) is 125 cm³/mol. The number of hydrogen-bond acceptors (Lipinski definition) is 4. The van der Waals surface area contributed by atoms with Gasteiger partial charge >= 0.3 is 6.03 Å². The Kier molecular flexibility index (Phi) is 5.77. The van der Waals surface area contributed by atoms with E-state index >= 15 is 0 Å². The summed E-state index contributed by atoms with van der Waals surface area (Å²) < 4.78 is 28.6. The molecule has 10 heteroatoms. The van der Waals surface area contributed by atoms with Crippen molar-refractivity contribution >= 4 is 56.3 Å². The molecule has 0 aromatic heterocycles. The number of carbonyl (C=O) groups is 2. The fourth-order valence-electron chi connectivity index (χ4n) is 3.26. The molecule has 0 atom stereocenters. The average Bonchev–Trinajstić information content (AvgIpc) is 3.09. The highest BCUT2D eigenvalue weighted by Gasteiger charge is 2.25. The zero-order valence-corrected chi connectivity index (χ0v) is 18.5. The van der Waals surface area contributed by atoms with Crippen molar-refractivity contribution in [2.75, 3.05) is 20.7 Å². The number of anilines is 4. The standard InChI is InChI=1S/C22H19ClN4O4S/c1-13-7-8-16(25-22(29)24-15-5-3-2-4-6-15)11-18(13)27-32(30,31)20-9-14-10-21(28)26-19(14)12-17(20)23/h2-9,11-12,27H,10H2,1H3,(H,26,28)(H2,24,25,29). The van der Waals surface area contributed by atoms with Gasteiger partial charge < -0.3 is 16.0 Å². The molecule has 164 valence electrons. The van der Waals surface area contributed by atoms with E-state index in [1.807, 2.05) is 6.07 Å². The minimum absolute atomic E-state index is 0.00683. The minimum Gasteiger partial charge on any atom is -0.325 e. The lowest BCUT2D eigenvalue weighted by Crippen LogP contribution is -2.20. The summed E-state index contributed by atoms with van der Waals surface area (Å²) in [5.74, 6) is -0.220. The molecular formula is C22H19ClN4O4S. The van der Waals surface area contributed by atoms with Gasteiger partial charge in [-0.15, -0.1) is 0 Å². The molecule has 0 aliphatic carbocycles. The van der Waals surface area contributed by atoms with E-state index in [-0.39, 0.29) is 27.9 Å². The highest BCUT2D eigenvalue weighted by Crippen LogP contribution is 2.33. The first-order valence-electron chi connectivity index (χ1n) is 9.60. The maximum Gasteiger partial charge on any atom is 0.323 e. The van der Waals surface area contributed by atoms with E-state index in [9.17, 15) is 18.0 Å². The summed E-state index contributed by atoms with van der Waals surface area (Å²) in [6.07, 6.45) is 0.0873. The monoisotopic (exact) mass is 470 g/mol. The van der Waals surface area contributed by atoms with Crippen LogP contribution in [-0.4, -0.2) is 20.4 Å². The Balaban J connectivity index is 1.55. The van der Waals surface area contributed by atoms with Crippen molar-refractivity contribution in [1.82, 2.24) is 0 Å². The van der Waals surface area contributed by atoms with Gasteiger partial charge in [-0.2, -0.15) is 0 Å². The Morgan fingerprint density at radius 3 is 2.47 bits per heavy atom. The molecule has 0 fully saturated rings. The first-order valence-corrected chi connectivity index (χ1v) is 11.5. The second kappa shape index (κ2) is 8.52. The first kappa shape index (κ1) is 21.7. The smallest absolute Gasteiger partial charge is 0.323 e. The summed E-state index contributed by atoms with van der Waals surface area (Å²) in [5.41, 5.74) is 3.02. The highest BCUT2D eigenvalue weighted by atomic mass is 35.5. The SMILES string of the molecule is Cc1ccc(NC(=O)Nc2ccccc2)cc1NS(=O)(=O)c1cc2c(cc1Cl)NC(=O)C2. The summed E-state index contributed by atoms with van der Waals surface area (Å²) in [6, 6.07) is 16.1. The van der Waals surface area contributed by atoms with Gasteiger partial charge in [-0.1, -0.05) is 35.9 Å². The highest BCUT2D eigenvalue weighted by molar-refractivity contribution is 7.92. The molecule has 1 aliphatic heterocycles. The number of nitrogens with one attached hydrogen (secondary N) is 4. The minimum atomic E-state index is -4.05. The number of carbonyl (C=O) groups excluding carboxylic acids is 2. The topological polar surface area (TPSA) is 116 Å². The number of para-hydroxylation sites is 1. The maximum absolute atomic E-state index is 13.0. The van der Waals surface area contributed by atoms with Crippen LogP contribution in [0.15, 0.2) is 65.6 Å². The Morgan fingerprint density at radius 2 is 1.72 bits per heavy atom. The van der Waals surface area contributed by atoms with Crippen LogP contribution in [0.2, 0.25) is 5.02 Å². The lowest BCUT2D eigenvalue weighted by molar-refractivity contribution is -0.115. The van der Waals surface area contributed by atoms with Gasteiger partial charge in [-0.3, -0.25) is 9.52 Å². The molecule has 32 heavy (non-hydrogen) atoms. The number of aryl methyl sites for hydroxylation is 1. The molecular weight excluding hydrogens is 452 g/mol. The van der Waals surface area contributed by atoms with Gasteiger partial charge in [-0.05, 0) is 54.4 Å². The van der Waals surface area contributed by atoms with Crippen molar-refractivity contribution < 1.29 is 18.0 Å². The molecule has 0 spiro atoms. The molecule has 4 N–H and O–H groups in total. The van der Waals surface area contributed by atoms with Crippen molar-refractivity contribution in [2.24, 2.45) is 0 Å². The van der Waals surface area contributed by atoms with Gasteiger partial charge in [0.2, 0.25) is 5.91 Å². The van der Waals surface area contributed by atoms with Crippen LogP contribution in [-0.2, 0) is 21.2 Å². The van der Waals surface area contributed by atoms with Crippen LogP contribution >= 0.6 is 11.6 Å². The molecule has 3 amide bonds. The lowest BCUT2D eigenvalue weighted by atomic mass is 10.2. The van der Waals surface area contributed by atoms with Crippen molar-refractivity contribution in [2.45, 2.75) is 18.2 Å². The molecule has 0 saturated carbocycles. The van der Waals surface area contributed by atoms with E-state index in [1.54, 1.807) is 43.3 Å². The number of benzene rings is 3. The molecule has 3 aromatic carbocycles. The number of rotatable bonds is 5. The Hall–Kier alpha value is -3.56. The molecule has 8 nitrogen and oxygen atoms in total. The van der Waals surface area contributed by atoms with Crippen LogP contribution < -0.4 is 20.7 Å². The fraction of sp³-hybridized carbons (Fsp3) is 0.0909. The van der Waals surface area contributed by atoms with Crippen molar-refractivity contribution in [1.29, 1.82) is 0 Å². The van der Waals surface area contributed by atoms with Crippen molar-refractivity contribution in [3.8, 4) is 0 Å². The lowest BCUT2D eigenvalue weighted by Gasteiger charge is -2.15.